The van der Waals surface area contributed by atoms with Gasteiger partial charge in [-0.25, -0.2) is 0 Å². The predicted molar refractivity (Wildman–Crippen MR) is 82.0 cm³/mol. The second-order valence-corrected chi connectivity index (χ2v) is 6.86. The molecule has 20 heavy (non-hydrogen) atoms. The lowest BCUT2D eigenvalue weighted by Gasteiger charge is -2.36. The van der Waals surface area contributed by atoms with E-state index in [0.717, 1.165) is 20.5 Å². The molecule has 1 aromatic rings. The summed E-state index contributed by atoms with van der Waals surface area (Å²) in [5, 5.41) is 8.79. The summed E-state index contributed by atoms with van der Waals surface area (Å²) in [6.07, 6.45) is 0. The first-order valence-electron chi connectivity index (χ1n) is 6.28. The maximum Gasteiger partial charge on any atom is 0.310 e. The average molecular weight is 358 g/mol. The highest BCUT2D eigenvalue weighted by Crippen LogP contribution is 2.29. The Morgan fingerprint density at radius 1 is 1.35 bits per heavy atom. The van der Waals surface area contributed by atoms with Crippen molar-refractivity contribution < 1.29 is 14.7 Å². The van der Waals surface area contributed by atoms with Crippen molar-refractivity contribution in [3.8, 4) is 0 Å². The summed E-state index contributed by atoms with van der Waals surface area (Å²) in [5.74, 6) is -0.844. The minimum absolute atomic E-state index is 0.00692. The van der Waals surface area contributed by atoms with E-state index in [4.69, 9.17) is 5.11 Å². The van der Waals surface area contributed by atoms with E-state index < -0.39 is 5.97 Å². The molecule has 1 heterocycles. The van der Waals surface area contributed by atoms with E-state index in [9.17, 15) is 9.59 Å². The van der Waals surface area contributed by atoms with Gasteiger partial charge in [-0.3, -0.25) is 9.59 Å². The Balaban J connectivity index is 1.88. The normalized spacial score (nSPS) is 15.1. The Hall–Kier alpha value is -1.01. The van der Waals surface area contributed by atoms with Gasteiger partial charge in [0.1, 0.15) is 0 Å². The number of benzene rings is 1. The van der Waals surface area contributed by atoms with Crippen molar-refractivity contribution in [1.82, 2.24) is 4.90 Å². The maximum absolute atomic E-state index is 11.9. The summed E-state index contributed by atoms with van der Waals surface area (Å²) in [6, 6.07) is 4.11. The SMILES string of the molecule is Cc1cc(SCC(=O)N2CC(C(=O)O)C2)c(C)cc1Br. The quantitative estimate of drug-likeness (QED) is 0.841. The molecule has 108 valence electrons. The van der Waals surface area contributed by atoms with E-state index >= 15 is 0 Å². The monoisotopic (exact) mass is 357 g/mol. The molecule has 2 rings (SSSR count). The molecule has 0 bridgehead atoms. The Kier molecular flexibility index (Phi) is 4.75. The number of halogens is 1. The molecule has 0 unspecified atom stereocenters. The van der Waals surface area contributed by atoms with Gasteiger partial charge in [0, 0.05) is 22.5 Å². The van der Waals surface area contributed by atoms with Crippen molar-refractivity contribution in [3.63, 3.8) is 0 Å². The van der Waals surface area contributed by atoms with Crippen molar-refractivity contribution in [2.75, 3.05) is 18.8 Å². The van der Waals surface area contributed by atoms with Gasteiger partial charge in [0.05, 0.1) is 11.7 Å². The summed E-state index contributed by atoms with van der Waals surface area (Å²) >= 11 is 4.99. The van der Waals surface area contributed by atoms with Crippen LogP contribution in [0.2, 0.25) is 0 Å². The first-order chi connectivity index (χ1) is 9.38. The Morgan fingerprint density at radius 2 is 2.00 bits per heavy atom. The van der Waals surface area contributed by atoms with E-state index in [1.807, 2.05) is 19.9 Å². The third-order valence-electron chi connectivity index (χ3n) is 3.39. The maximum atomic E-state index is 11.9. The summed E-state index contributed by atoms with van der Waals surface area (Å²) in [6.45, 7) is 4.71. The minimum Gasteiger partial charge on any atom is -0.481 e. The molecule has 0 atom stereocenters. The van der Waals surface area contributed by atoms with Crippen LogP contribution in [0, 0.1) is 19.8 Å². The molecule has 6 heteroatoms. The van der Waals surface area contributed by atoms with Crippen LogP contribution >= 0.6 is 27.7 Å². The zero-order chi connectivity index (χ0) is 14.9. The van der Waals surface area contributed by atoms with E-state index in [-0.39, 0.29) is 11.8 Å². The smallest absolute Gasteiger partial charge is 0.310 e. The molecule has 1 aromatic carbocycles. The number of hydrogen-bond acceptors (Lipinski definition) is 3. The number of carboxylic acid groups (broad SMARTS) is 1. The van der Waals surface area contributed by atoms with Gasteiger partial charge in [-0.1, -0.05) is 15.9 Å². The highest BCUT2D eigenvalue weighted by Gasteiger charge is 2.35. The Labute approximate surface area is 130 Å². The molecule has 0 spiro atoms. The molecule has 0 aromatic heterocycles. The molecular weight excluding hydrogens is 342 g/mol. The zero-order valence-electron chi connectivity index (χ0n) is 11.4. The van der Waals surface area contributed by atoms with Crippen molar-refractivity contribution in [1.29, 1.82) is 0 Å². The van der Waals surface area contributed by atoms with Crippen LogP contribution in [-0.2, 0) is 9.59 Å². The number of hydrogen-bond donors (Lipinski definition) is 1. The van der Waals surface area contributed by atoms with Crippen molar-refractivity contribution in [2.24, 2.45) is 5.92 Å². The van der Waals surface area contributed by atoms with Crippen LogP contribution in [0.1, 0.15) is 11.1 Å². The highest BCUT2D eigenvalue weighted by atomic mass is 79.9. The second-order valence-electron chi connectivity index (χ2n) is 4.99. The van der Waals surface area contributed by atoms with Crippen molar-refractivity contribution in [3.05, 3.63) is 27.7 Å². The summed E-state index contributed by atoms with van der Waals surface area (Å²) in [4.78, 5) is 25.3. The largest absolute Gasteiger partial charge is 0.481 e. The molecule has 1 aliphatic rings. The lowest BCUT2D eigenvalue weighted by atomic mass is 10.0. The molecule has 1 aliphatic heterocycles. The molecule has 0 aliphatic carbocycles. The number of likely N-dealkylation sites (tertiary alicyclic amines) is 1. The Morgan fingerprint density at radius 3 is 2.60 bits per heavy atom. The highest BCUT2D eigenvalue weighted by molar-refractivity contribution is 9.10. The van der Waals surface area contributed by atoms with E-state index in [0.29, 0.717) is 18.8 Å². The average Bonchev–Trinajstić information content (AvgIpc) is 2.29. The lowest BCUT2D eigenvalue weighted by Crippen LogP contribution is -2.53. The van der Waals surface area contributed by atoms with Gasteiger partial charge in [-0.05, 0) is 37.1 Å². The topological polar surface area (TPSA) is 57.6 Å². The summed E-state index contributed by atoms with van der Waals surface area (Å²) in [5.41, 5.74) is 2.27. The molecule has 1 amide bonds. The van der Waals surface area contributed by atoms with Crippen LogP contribution in [0.3, 0.4) is 0 Å². The molecular formula is C14H16BrNO3S. The molecule has 0 radical (unpaired) electrons. The minimum atomic E-state index is -0.818. The van der Waals surface area contributed by atoms with Gasteiger partial charge in [0.2, 0.25) is 5.91 Å². The fourth-order valence-electron chi connectivity index (χ4n) is 1.98. The molecule has 1 saturated heterocycles. The predicted octanol–water partition coefficient (Wildman–Crippen LogP) is 2.70. The number of carboxylic acids is 1. The van der Waals surface area contributed by atoms with Gasteiger partial charge >= 0.3 is 5.97 Å². The third-order valence-corrected chi connectivity index (χ3v) is 5.39. The fourth-order valence-corrected chi connectivity index (χ4v) is 3.45. The van der Waals surface area contributed by atoms with Gasteiger partial charge in [-0.15, -0.1) is 11.8 Å². The van der Waals surface area contributed by atoms with E-state index in [1.54, 1.807) is 4.90 Å². The molecule has 1 N–H and O–H groups in total. The van der Waals surface area contributed by atoms with Crippen LogP contribution in [-0.4, -0.2) is 40.7 Å². The number of thioether (sulfide) groups is 1. The van der Waals surface area contributed by atoms with Gasteiger partial charge in [0.15, 0.2) is 0 Å². The number of amides is 1. The van der Waals surface area contributed by atoms with E-state index in [1.165, 1.54) is 11.8 Å². The summed E-state index contributed by atoms with van der Waals surface area (Å²) < 4.78 is 1.07. The third kappa shape index (κ3) is 3.35. The van der Waals surface area contributed by atoms with Crippen LogP contribution in [0.25, 0.3) is 0 Å². The number of aryl methyl sites for hydroxylation is 2. The molecule has 0 saturated carbocycles. The zero-order valence-corrected chi connectivity index (χ0v) is 13.8. The van der Waals surface area contributed by atoms with E-state index in [2.05, 4.69) is 22.0 Å². The van der Waals surface area contributed by atoms with Crippen LogP contribution in [0.4, 0.5) is 0 Å². The number of aliphatic carboxylic acids is 1. The fraction of sp³-hybridized carbons (Fsp3) is 0.429. The van der Waals surface area contributed by atoms with Gasteiger partial charge in [0.25, 0.3) is 0 Å². The standard InChI is InChI=1S/C14H16BrNO3S/c1-8-4-12(9(2)3-11(8)15)20-7-13(17)16-5-10(6-16)14(18)19/h3-4,10H,5-7H2,1-2H3,(H,18,19). The van der Waals surface area contributed by atoms with Crippen molar-refractivity contribution in [2.45, 2.75) is 18.7 Å². The number of nitrogens with zero attached hydrogens (tertiary/aromatic N) is 1. The molecule has 4 nitrogen and oxygen atoms in total. The Bertz CT molecular complexity index is 556. The number of carbonyl (C=O) groups excluding carboxylic acids is 1. The van der Waals surface area contributed by atoms with Crippen LogP contribution < -0.4 is 0 Å². The van der Waals surface area contributed by atoms with Gasteiger partial charge < -0.3 is 10.0 Å². The number of rotatable bonds is 4. The second kappa shape index (κ2) is 6.18. The lowest BCUT2D eigenvalue weighted by molar-refractivity contribution is -0.151. The molecule has 1 fully saturated rings. The van der Waals surface area contributed by atoms with Crippen LogP contribution in [0.15, 0.2) is 21.5 Å². The van der Waals surface area contributed by atoms with Crippen molar-refractivity contribution >= 4 is 39.6 Å². The number of carbonyl (C=O) groups is 2. The van der Waals surface area contributed by atoms with Crippen LogP contribution in [0.5, 0.6) is 0 Å². The first-order valence-corrected chi connectivity index (χ1v) is 8.06. The first kappa shape index (κ1) is 15.4. The van der Waals surface area contributed by atoms with Gasteiger partial charge in [-0.2, -0.15) is 0 Å². The summed E-state index contributed by atoms with van der Waals surface area (Å²) in [7, 11) is 0.